The van der Waals surface area contributed by atoms with Crippen molar-refractivity contribution in [3.05, 3.63) is 90.1 Å². The summed E-state index contributed by atoms with van der Waals surface area (Å²) < 4.78 is 16.0. The topological polar surface area (TPSA) is 141 Å². The molecule has 0 amide bonds. The zero-order chi connectivity index (χ0) is 24.7. The predicted octanol–water partition coefficient (Wildman–Crippen LogP) is 2.98. The van der Waals surface area contributed by atoms with E-state index in [1.165, 1.54) is 12.3 Å². The zero-order valence-corrected chi connectivity index (χ0v) is 19.2. The van der Waals surface area contributed by atoms with E-state index in [0.717, 1.165) is 5.69 Å². The van der Waals surface area contributed by atoms with E-state index >= 15 is 0 Å². The van der Waals surface area contributed by atoms with Crippen molar-refractivity contribution in [3.63, 3.8) is 0 Å². The summed E-state index contributed by atoms with van der Waals surface area (Å²) in [4.78, 5) is 28.2. The van der Waals surface area contributed by atoms with E-state index in [9.17, 15) is 4.79 Å². The molecule has 2 aromatic carbocycles. The Kier molecular flexibility index (Phi) is 6.81. The van der Waals surface area contributed by atoms with Crippen molar-refractivity contribution < 1.29 is 18.7 Å². The molecule has 3 heterocycles. The Morgan fingerprint density at radius 2 is 1.83 bits per heavy atom. The number of furan rings is 1. The first-order valence-corrected chi connectivity index (χ1v) is 11.2. The fraction of sp³-hybridized carbons (Fsp3) is 0.160. The summed E-state index contributed by atoms with van der Waals surface area (Å²) in [7, 11) is 0. The van der Waals surface area contributed by atoms with Gasteiger partial charge in [-0.25, -0.2) is 4.79 Å². The molecule has 0 radical (unpaired) electrons. The lowest BCUT2D eigenvalue weighted by atomic mass is 10.1. The Morgan fingerprint density at radius 1 is 1.00 bits per heavy atom. The minimum atomic E-state index is -0.618. The molecule has 11 nitrogen and oxygen atoms in total. The number of morpholine rings is 1. The highest BCUT2D eigenvalue weighted by Gasteiger charge is 2.21. The maximum absolute atomic E-state index is 12.3. The minimum Gasteiger partial charge on any atom is -0.457 e. The summed E-state index contributed by atoms with van der Waals surface area (Å²) >= 11 is 0. The Bertz CT molecular complexity index is 1350. The summed E-state index contributed by atoms with van der Waals surface area (Å²) in [5.74, 6) is 6.66. The lowest BCUT2D eigenvalue weighted by Gasteiger charge is -2.27. The zero-order valence-electron chi connectivity index (χ0n) is 19.2. The normalized spacial score (nSPS) is 13.9. The molecule has 182 valence electrons. The van der Waals surface area contributed by atoms with Gasteiger partial charge in [-0.3, -0.25) is 0 Å². The molecule has 36 heavy (non-hydrogen) atoms. The van der Waals surface area contributed by atoms with Crippen LogP contribution in [0.1, 0.15) is 21.9 Å². The summed E-state index contributed by atoms with van der Waals surface area (Å²) in [5.41, 5.74) is 1.69. The van der Waals surface area contributed by atoms with Crippen LogP contribution < -0.4 is 20.8 Å². The number of para-hydroxylation sites is 1. The molecular weight excluding hydrogens is 462 g/mol. The van der Waals surface area contributed by atoms with Gasteiger partial charge in [-0.15, -0.1) is 0 Å². The smallest absolute Gasteiger partial charge is 0.379 e. The van der Waals surface area contributed by atoms with Crippen molar-refractivity contribution >= 4 is 29.3 Å². The molecule has 1 saturated heterocycles. The number of benzene rings is 2. The molecule has 0 aliphatic carbocycles. The van der Waals surface area contributed by atoms with E-state index in [1.807, 2.05) is 35.2 Å². The van der Waals surface area contributed by atoms with Crippen LogP contribution in [0.25, 0.3) is 0 Å². The predicted molar refractivity (Wildman–Crippen MR) is 133 cm³/mol. The van der Waals surface area contributed by atoms with Gasteiger partial charge in [0.25, 0.3) is 0 Å². The molecular formula is C25H23N7O4. The molecule has 2 aromatic heterocycles. The number of hydrazone groups is 1. The number of nitrogens with two attached hydrogens (primary N) is 1. The average molecular weight is 486 g/mol. The number of nitrogens with zero attached hydrogens (tertiary/aromatic N) is 5. The van der Waals surface area contributed by atoms with Crippen molar-refractivity contribution in [2.24, 2.45) is 10.9 Å². The van der Waals surface area contributed by atoms with Crippen LogP contribution >= 0.6 is 0 Å². The third-order valence-electron chi connectivity index (χ3n) is 5.33. The summed E-state index contributed by atoms with van der Waals surface area (Å²) in [6, 6.07) is 19.5. The summed E-state index contributed by atoms with van der Waals surface area (Å²) in [6.07, 6.45) is 1.40. The van der Waals surface area contributed by atoms with Crippen molar-refractivity contribution in [1.82, 2.24) is 15.0 Å². The Balaban J connectivity index is 1.48. The van der Waals surface area contributed by atoms with Crippen LogP contribution in [0.5, 0.6) is 5.75 Å². The minimum absolute atomic E-state index is 0.0948. The number of aromatic nitrogens is 3. The van der Waals surface area contributed by atoms with Gasteiger partial charge in [-0.05, 0) is 36.4 Å². The second-order valence-electron chi connectivity index (χ2n) is 7.75. The Hall–Kier alpha value is -4.77. The number of rotatable bonds is 7. The van der Waals surface area contributed by atoms with Gasteiger partial charge in [0.1, 0.15) is 11.5 Å². The number of hydrogen-bond donors (Lipinski definition) is 2. The lowest BCUT2D eigenvalue weighted by Crippen LogP contribution is -2.38. The molecule has 4 aromatic rings. The fourth-order valence-corrected chi connectivity index (χ4v) is 3.60. The monoisotopic (exact) mass is 485 g/mol. The fourth-order valence-electron chi connectivity index (χ4n) is 3.60. The van der Waals surface area contributed by atoms with E-state index in [0.29, 0.717) is 55.2 Å². The van der Waals surface area contributed by atoms with Crippen LogP contribution in [-0.4, -0.2) is 52.9 Å². The largest absolute Gasteiger partial charge is 0.457 e. The molecule has 3 N–H and O–H groups in total. The number of carbonyl (C=O) groups excluding carboxylic acids is 1. The van der Waals surface area contributed by atoms with Gasteiger partial charge in [0.05, 0.1) is 19.5 Å². The molecule has 0 atom stereocenters. The molecule has 0 bridgehead atoms. The van der Waals surface area contributed by atoms with Crippen molar-refractivity contribution in [2.45, 2.75) is 0 Å². The molecule has 0 saturated carbocycles. The number of hydrogen-bond acceptors (Lipinski definition) is 11. The standard InChI is InChI=1S/C25H23N7O4/c26-31-21(17-6-4-9-19(16-17)36-23(33)20-10-5-13-35-20)22-28-24(27-18-7-2-1-3-8-18)30-25(29-22)32-11-14-34-15-12-32/h1-10,13,16H,11-12,14-15,26H2,(H,27,28,29,30)/b31-21+. The van der Waals surface area contributed by atoms with Crippen LogP contribution in [0, 0.1) is 0 Å². The van der Waals surface area contributed by atoms with Crippen LogP contribution in [0.4, 0.5) is 17.6 Å². The SMILES string of the molecule is N/N=C(\c1cccc(OC(=O)c2ccco2)c1)c1nc(Nc2ccccc2)nc(N2CCOCC2)n1. The van der Waals surface area contributed by atoms with Crippen molar-refractivity contribution in [3.8, 4) is 5.75 Å². The van der Waals surface area contributed by atoms with Gasteiger partial charge >= 0.3 is 5.97 Å². The third kappa shape index (κ3) is 5.31. The molecule has 5 rings (SSSR count). The quantitative estimate of drug-likeness (QED) is 0.132. The lowest BCUT2D eigenvalue weighted by molar-refractivity contribution is 0.0701. The van der Waals surface area contributed by atoms with Gasteiger partial charge in [0.15, 0.2) is 5.82 Å². The number of anilines is 3. The highest BCUT2D eigenvalue weighted by molar-refractivity contribution is 6.11. The highest BCUT2D eigenvalue weighted by Crippen LogP contribution is 2.21. The first-order valence-electron chi connectivity index (χ1n) is 11.2. The molecule has 1 aliphatic rings. The average Bonchev–Trinajstić information content (AvgIpc) is 3.46. The maximum Gasteiger partial charge on any atom is 0.379 e. The molecule has 1 aliphatic heterocycles. The van der Waals surface area contributed by atoms with Gasteiger partial charge in [-0.2, -0.15) is 20.1 Å². The first-order chi connectivity index (χ1) is 17.7. The third-order valence-corrected chi connectivity index (χ3v) is 5.33. The highest BCUT2D eigenvalue weighted by atomic mass is 16.5. The first kappa shape index (κ1) is 23.0. The van der Waals surface area contributed by atoms with Gasteiger partial charge in [0, 0.05) is 24.3 Å². The van der Waals surface area contributed by atoms with Crippen LogP contribution in [0.3, 0.4) is 0 Å². The van der Waals surface area contributed by atoms with E-state index in [1.54, 1.807) is 30.3 Å². The number of ether oxygens (including phenoxy) is 2. The number of carbonyl (C=O) groups is 1. The number of esters is 1. The molecule has 0 unspecified atom stereocenters. The second kappa shape index (κ2) is 10.7. The van der Waals surface area contributed by atoms with Crippen molar-refractivity contribution in [1.29, 1.82) is 0 Å². The summed E-state index contributed by atoms with van der Waals surface area (Å²) in [5, 5.41) is 7.18. The Labute approximate surface area is 206 Å². The van der Waals surface area contributed by atoms with Crippen LogP contribution in [-0.2, 0) is 4.74 Å². The van der Waals surface area contributed by atoms with Gasteiger partial charge in [-0.1, -0.05) is 30.3 Å². The maximum atomic E-state index is 12.3. The Morgan fingerprint density at radius 3 is 2.58 bits per heavy atom. The van der Waals surface area contributed by atoms with E-state index < -0.39 is 5.97 Å². The second-order valence-corrected chi connectivity index (χ2v) is 7.75. The molecule has 11 heteroatoms. The van der Waals surface area contributed by atoms with Gasteiger partial charge in [0.2, 0.25) is 17.7 Å². The molecule has 1 fully saturated rings. The van der Waals surface area contributed by atoms with Crippen LogP contribution in [0.15, 0.2) is 82.5 Å². The molecule has 0 spiro atoms. The summed E-state index contributed by atoms with van der Waals surface area (Å²) in [6.45, 7) is 2.43. The van der Waals surface area contributed by atoms with Gasteiger partial charge < -0.3 is 30.0 Å². The van der Waals surface area contributed by atoms with E-state index in [-0.39, 0.29) is 11.6 Å². The number of nitrogens with one attached hydrogen (secondary N) is 1. The van der Waals surface area contributed by atoms with E-state index in [4.69, 9.17) is 19.7 Å². The van der Waals surface area contributed by atoms with Crippen molar-refractivity contribution in [2.75, 3.05) is 36.5 Å². The van der Waals surface area contributed by atoms with E-state index in [2.05, 4.69) is 25.4 Å². The van der Waals surface area contributed by atoms with Crippen LogP contribution in [0.2, 0.25) is 0 Å².